The zero-order valence-corrected chi connectivity index (χ0v) is 32.9. The number of allylic oxidation sites excluding steroid dienone is 1. The molecule has 284 valence electrons. The van der Waals surface area contributed by atoms with Gasteiger partial charge in [-0.1, -0.05) is 37.6 Å². The van der Waals surface area contributed by atoms with Crippen LogP contribution < -0.4 is 19.5 Å². The third kappa shape index (κ3) is 7.07. The average Bonchev–Trinajstić information content (AvgIpc) is 3.89. The van der Waals surface area contributed by atoms with Crippen molar-refractivity contribution in [3.05, 3.63) is 46.4 Å². The van der Waals surface area contributed by atoms with Crippen LogP contribution in [-0.4, -0.2) is 95.7 Å². The second kappa shape index (κ2) is 14.0. The minimum Gasteiger partial charge on any atom is -0.495 e. The Morgan fingerprint density at radius 2 is 1.94 bits per heavy atom. The fourth-order valence-corrected chi connectivity index (χ4v) is 9.56. The second-order valence-corrected chi connectivity index (χ2v) is 18.6. The van der Waals surface area contributed by atoms with Crippen LogP contribution >= 0.6 is 22.9 Å². The van der Waals surface area contributed by atoms with Crippen LogP contribution in [0, 0.1) is 5.92 Å². The lowest BCUT2D eigenvalue weighted by atomic mass is 10.1. The van der Waals surface area contributed by atoms with Gasteiger partial charge in [0, 0.05) is 42.8 Å². The normalized spacial score (nSPS) is 26.4. The fourth-order valence-electron chi connectivity index (χ4n) is 7.03. The van der Waals surface area contributed by atoms with Crippen LogP contribution in [0.1, 0.15) is 77.3 Å². The van der Waals surface area contributed by atoms with Crippen molar-refractivity contribution in [2.24, 2.45) is 5.92 Å². The molecule has 0 unspecified atom stereocenters. The molecule has 2 aliphatic heterocycles. The predicted octanol–water partition coefficient (Wildman–Crippen LogP) is 5.63. The molecule has 4 heterocycles. The quantitative estimate of drug-likeness (QED) is 0.276. The predicted molar refractivity (Wildman–Crippen MR) is 203 cm³/mol. The van der Waals surface area contributed by atoms with Crippen molar-refractivity contribution in [3.8, 4) is 22.2 Å². The van der Waals surface area contributed by atoms with Gasteiger partial charge < -0.3 is 24.6 Å². The molecule has 16 heteroatoms. The van der Waals surface area contributed by atoms with Crippen molar-refractivity contribution in [3.63, 3.8) is 0 Å². The highest BCUT2D eigenvalue weighted by Gasteiger charge is 2.63. The van der Waals surface area contributed by atoms with Crippen molar-refractivity contribution in [1.29, 1.82) is 0 Å². The van der Waals surface area contributed by atoms with Crippen LogP contribution in [0.25, 0.3) is 21.6 Å². The van der Waals surface area contributed by atoms with E-state index in [1.54, 1.807) is 31.0 Å². The molecule has 0 bridgehead atoms. The van der Waals surface area contributed by atoms with E-state index in [-0.39, 0.29) is 31.2 Å². The monoisotopic (exact) mass is 784 g/mol. The first-order chi connectivity index (χ1) is 25.2. The van der Waals surface area contributed by atoms with E-state index >= 15 is 0 Å². The Hall–Kier alpha value is -3.95. The highest BCUT2D eigenvalue weighted by Crippen LogP contribution is 2.48. The molecular weight excluding hydrogens is 740 g/mol. The Kier molecular flexibility index (Phi) is 9.90. The van der Waals surface area contributed by atoms with Gasteiger partial charge in [-0.3, -0.25) is 14.3 Å². The van der Waals surface area contributed by atoms with Crippen molar-refractivity contribution < 1.29 is 32.3 Å². The number of nitrogens with zero attached hydrogens (tertiary/aromatic N) is 4. The summed E-state index contributed by atoms with van der Waals surface area (Å²) in [7, 11) is -0.698. The summed E-state index contributed by atoms with van der Waals surface area (Å²) in [6.45, 7) is 6.29. The second-order valence-electron chi connectivity index (χ2n) is 15.1. The maximum Gasteiger partial charge on any atom is 0.319 e. The molecule has 3 aromatic rings. The van der Waals surface area contributed by atoms with E-state index in [0.29, 0.717) is 57.5 Å². The molecular formula is C37H45ClN6O7S2. The fraction of sp³-hybridized carbons (Fsp3) is 0.541. The van der Waals surface area contributed by atoms with Gasteiger partial charge in [-0.25, -0.2) is 23.2 Å². The van der Waals surface area contributed by atoms with Crippen molar-refractivity contribution >= 4 is 61.7 Å². The molecule has 4 amide bonds. The molecule has 2 saturated carbocycles. The van der Waals surface area contributed by atoms with E-state index in [1.807, 2.05) is 23.6 Å². The summed E-state index contributed by atoms with van der Waals surface area (Å²) in [5.41, 5.74) is 0.480. The maximum atomic E-state index is 14.2. The van der Waals surface area contributed by atoms with Gasteiger partial charge in [-0.15, -0.1) is 11.3 Å². The van der Waals surface area contributed by atoms with E-state index in [2.05, 4.69) is 23.9 Å². The number of methoxy groups -OCH3 is 1. The van der Waals surface area contributed by atoms with E-state index in [9.17, 15) is 22.8 Å². The van der Waals surface area contributed by atoms with Crippen LogP contribution in [0.4, 0.5) is 4.79 Å². The number of fused-ring (bicyclic) bond motifs is 3. The first-order valence-corrected chi connectivity index (χ1v) is 20.8. The lowest BCUT2D eigenvalue weighted by molar-refractivity contribution is -0.134. The summed E-state index contributed by atoms with van der Waals surface area (Å²) >= 11 is 8.26. The molecule has 7 rings (SSSR count). The van der Waals surface area contributed by atoms with E-state index in [0.717, 1.165) is 25.0 Å². The Morgan fingerprint density at radius 1 is 1.17 bits per heavy atom. The number of amides is 4. The molecule has 0 spiro atoms. The molecule has 1 aromatic carbocycles. The summed E-state index contributed by atoms with van der Waals surface area (Å²) in [6.07, 6.45) is 6.87. The lowest BCUT2D eigenvalue weighted by Gasteiger charge is -2.30. The lowest BCUT2D eigenvalue weighted by Crippen LogP contribution is -2.58. The van der Waals surface area contributed by atoms with Crippen molar-refractivity contribution in [2.45, 2.75) is 94.1 Å². The molecule has 4 aliphatic rings. The molecule has 1 saturated heterocycles. The summed E-state index contributed by atoms with van der Waals surface area (Å²) in [5.74, 6) is -0.281. The molecule has 0 radical (unpaired) electrons. The number of likely N-dealkylation sites (N-methyl/N-ethyl adjacent to an activating group) is 1. The highest BCUT2D eigenvalue weighted by molar-refractivity contribution is 7.91. The molecule has 2 aromatic heterocycles. The number of sulfonamides is 1. The number of carbonyl (C=O) groups is 3. The maximum absolute atomic E-state index is 14.2. The largest absolute Gasteiger partial charge is 0.495 e. The van der Waals surface area contributed by atoms with Crippen LogP contribution in [0.5, 0.6) is 11.5 Å². The van der Waals surface area contributed by atoms with Crippen LogP contribution in [0.2, 0.25) is 5.02 Å². The standard InChI is InChI=1S/C37H45ClN6O7S2/c1-21(2)26-20-52-32(40-26)25-17-29(24-11-12-28(50-5)30(38)31(24)39-25)51-23-16-27-33(45)43(4)15-9-7-6-8-10-22-18-37(22,41-35(47)44(27)19-23)34(46)42-53(48,49)36(3)13-14-36/h8,10-12,17,20-23,27H,6-7,9,13-16,18-19H2,1-5H3,(H,41,47)(H,42,46)/b10-8+/t22-,23+,27+,37-/m1/s1. The molecule has 2 N–H and O–H groups in total. The molecule has 2 aliphatic carbocycles. The van der Waals surface area contributed by atoms with Crippen molar-refractivity contribution in [2.75, 3.05) is 27.2 Å². The van der Waals surface area contributed by atoms with Gasteiger partial charge in [0.1, 0.15) is 44.9 Å². The third-order valence-corrected chi connectivity index (χ3v) is 14.3. The molecule has 4 atom stereocenters. The number of urea groups is 1. The topological polar surface area (TPSA) is 160 Å². The summed E-state index contributed by atoms with van der Waals surface area (Å²) < 4.78 is 39.6. The minimum atomic E-state index is -3.95. The number of aromatic nitrogens is 2. The highest BCUT2D eigenvalue weighted by atomic mass is 35.5. The molecule has 13 nitrogen and oxygen atoms in total. The summed E-state index contributed by atoms with van der Waals surface area (Å²) in [4.78, 5) is 54.7. The number of nitrogens with one attached hydrogen (secondary N) is 2. The number of ether oxygens (including phenoxy) is 2. The number of rotatable bonds is 8. The first kappa shape index (κ1) is 37.4. The number of thiazole rings is 1. The minimum absolute atomic E-state index is 0.0302. The average molecular weight is 785 g/mol. The van der Waals surface area contributed by atoms with Crippen LogP contribution in [0.3, 0.4) is 0 Å². The zero-order chi connectivity index (χ0) is 37.9. The first-order valence-electron chi connectivity index (χ1n) is 18.0. The van der Waals surface area contributed by atoms with Gasteiger partial charge >= 0.3 is 6.03 Å². The number of hydrogen-bond acceptors (Lipinski definition) is 10. The summed E-state index contributed by atoms with van der Waals surface area (Å²) in [5, 5.41) is 6.50. The molecule has 53 heavy (non-hydrogen) atoms. The molecule has 3 fully saturated rings. The van der Waals surface area contributed by atoms with Crippen molar-refractivity contribution in [1.82, 2.24) is 29.8 Å². The number of pyridine rings is 1. The Morgan fingerprint density at radius 3 is 2.64 bits per heavy atom. The number of carbonyl (C=O) groups excluding carboxylic acids is 3. The van der Waals surface area contributed by atoms with E-state index in [1.165, 1.54) is 23.3 Å². The van der Waals surface area contributed by atoms with Gasteiger partial charge in [0.25, 0.3) is 5.91 Å². The number of benzene rings is 1. The van der Waals surface area contributed by atoms with Crippen LogP contribution in [-0.2, 0) is 19.6 Å². The Balaban J connectivity index is 1.21. The Labute approximate surface area is 318 Å². The van der Waals surface area contributed by atoms with Gasteiger partial charge in [0.2, 0.25) is 15.9 Å². The third-order valence-electron chi connectivity index (χ3n) is 10.9. The van der Waals surface area contributed by atoms with E-state index < -0.39 is 50.3 Å². The number of halogens is 1. The van der Waals surface area contributed by atoms with Crippen LogP contribution in [0.15, 0.2) is 35.7 Å². The zero-order valence-electron chi connectivity index (χ0n) is 30.5. The van der Waals surface area contributed by atoms with E-state index in [4.69, 9.17) is 31.0 Å². The Bertz CT molecular complexity index is 2100. The number of hydrogen-bond donors (Lipinski definition) is 2. The SMILES string of the molecule is COc1ccc2c(O[C@H]3C[C@H]4C(=O)N(C)CCCC/C=C/[C@@H]5C[C@@]5(C(=O)NS(=O)(=O)C5(C)CC5)NC(=O)N4C3)cc(-c3nc(C(C)C)cs3)nc2c1Cl. The summed E-state index contributed by atoms with van der Waals surface area (Å²) in [6, 6.07) is 3.81. The smallest absolute Gasteiger partial charge is 0.319 e. The van der Waals surface area contributed by atoms with Gasteiger partial charge in [-0.05, 0) is 63.5 Å². The van der Waals surface area contributed by atoms with Gasteiger partial charge in [0.15, 0.2) is 0 Å². The van der Waals surface area contributed by atoms with Gasteiger partial charge in [-0.2, -0.15) is 0 Å². The van der Waals surface area contributed by atoms with Gasteiger partial charge in [0.05, 0.1) is 29.6 Å².